The van der Waals surface area contributed by atoms with E-state index in [0.29, 0.717) is 19.0 Å². The van der Waals surface area contributed by atoms with E-state index in [2.05, 4.69) is 33.6 Å². The van der Waals surface area contributed by atoms with Crippen LogP contribution in [-0.4, -0.2) is 21.1 Å². The lowest BCUT2D eigenvalue weighted by atomic mass is 10.1. The summed E-state index contributed by atoms with van der Waals surface area (Å²) in [4.78, 5) is 21.1. The molecule has 0 aliphatic heterocycles. The normalized spacial score (nSPS) is 11.9. The molecular weight excluding hydrogens is 386 g/mol. The minimum Gasteiger partial charge on any atom is -0.354 e. The first-order chi connectivity index (χ1) is 13.9. The van der Waals surface area contributed by atoms with Crippen LogP contribution in [-0.2, 0) is 6.54 Å². The Hall–Kier alpha value is -2.86. The SMILES string of the molecule is CCn1c(NCC(Cl)c2ccccc2)nc(Nc2cc(C)c(C)cc2C)nc1=O. The first-order valence-electron chi connectivity index (χ1n) is 9.65. The van der Waals surface area contributed by atoms with Gasteiger partial charge in [-0.2, -0.15) is 9.97 Å². The van der Waals surface area contributed by atoms with Gasteiger partial charge in [0.25, 0.3) is 0 Å². The zero-order chi connectivity index (χ0) is 21.0. The number of hydrogen-bond acceptors (Lipinski definition) is 5. The number of rotatable bonds is 7. The van der Waals surface area contributed by atoms with Crippen LogP contribution in [0.4, 0.5) is 17.6 Å². The van der Waals surface area contributed by atoms with Gasteiger partial charge in [-0.3, -0.25) is 4.57 Å². The fourth-order valence-electron chi connectivity index (χ4n) is 3.08. The van der Waals surface area contributed by atoms with Crippen molar-refractivity contribution in [2.24, 2.45) is 0 Å². The molecule has 0 aliphatic rings. The summed E-state index contributed by atoms with van der Waals surface area (Å²) in [5.41, 5.74) is 4.96. The van der Waals surface area contributed by atoms with Gasteiger partial charge in [0.1, 0.15) is 0 Å². The van der Waals surface area contributed by atoms with Crippen molar-refractivity contribution in [2.45, 2.75) is 39.6 Å². The van der Waals surface area contributed by atoms with Crippen molar-refractivity contribution in [2.75, 3.05) is 17.2 Å². The Morgan fingerprint density at radius 1 is 1.03 bits per heavy atom. The molecule has 6 nitrogen and oxygen atoms in total. The van der Waals surface area contributed by atoms with Crippen molar-refractivity contribution in [1.82, 2.24) is 14.5 Å². The van der Waals surface area contributed by atoms with Crippen molar-refractivity contribution >= 4 is 29.2 Å². The predicted octanol–water partition coefficient (Wildman–Crippen LogP) is 4.72. The zero-order valence-electron chi connectivity index (χ0n) is 17.2. The molecule has 1 atom stereocenters. The van der Waals surface area contributed by atoms with E-state index in [-0.39, 0.29) is 17.0 Å². The highest BCUT2D eigenvalue weighted by molar-refractivity contribution is 6.21. The van der Waals surface area contributed by atoms with E-state index in [1.807, 2.05) is 57.2 Å². The lowest BCUT2D eigenvalue weighted by Gasteiger charge is -2.16. The Morgan fingerprint density at radius 3 is 2.41 bits per heavy atom. The molecule has 0 bridgehead atoms. The van der Waals surface area contributed by atoms with Crippen LogP contribution in [0, 0.1) is 20.8 Å². The molecule has 1 unspecified atom stereocenters. The van der Waals surface area contributed by atoms with Gasteiger partial charge in [-0.05, 0) is 56.0 Å². The molecule has 29 heavy (non-hydrogen) atoms. The molecule has 2 N–H and O–H groups in total. The molecule has 3 rings (SSSR count). The van der Waals surface area contributed by atoms with Crippen molar-refractivity contribution in [1.29, 1.82) is 0 Å². The Bertz CT molecular complexity index is 1050. The number of anilines is 3. The van der Waals surface area contributed by atoms with Crippen LogP contribution >= 0.6 is 11.6 Å². The summed E-state index contributed by atoms with van der Waals surface area (Å²) >= 11 is 6.51. The van der Waals surface area contributed by atoms with Gasteiger partial charge in [0, 0.05) is 18.8 Å². The first-order valence-corrected chi connectivity index (χ1v) is 10.1. The van der Waals surface area contributed by atoms with Crippen LogP contribution in [0.15, 0.2) is 47.3 Å². The van der Waals surface area contributed by atoms with E-state index in [0.717, 1.165) is 22.4 Å². The van der Waals surface area contributed by atoms with Gasteiger partial charge in [-0.15, -0.1) is 11.6 Å². The minimum atomic E-state index is -0.361. The summed E-state index contributed by atoms with van der Waals surface area (Å²) in [6, 6.07) is 13.9. The number of aryl methyl sites for hydroxylation is 3. The molecule has 1 aromatic heterocycles. The van der Waals surface area contributed by atoms with Crippen LogP contribution in [0.1, 0.15) is 34.6 Å². The molecule has 0 spiro atoms. The van der Waals surface area contributed by atoms with Crippen LogP contribution in [0.25, 0.3) is 0 Å². The maximum atomic E-state index is 12.5. The summed E-state index contributed by atoms with van der Waals surface area (Å²) in [6.45, 7) is 8.91. The van der Waals surface area contributed by atoms with Gasteiger partial charge in [0.2, 0.25) is 11.9 Å². The van der Waals surface area contributed by atoms with E-state index in [1.165, 1.54) is 10.1 Å². The number of nitrogens with one attached hydrogen (secondary N) is 2. The topological polar surface area (TPSA) is 71.8 Å². The maximum Gasteiger partial charge on any atom is 0.353 e. The lowest BCUT2D eigenvalue weighted by molar-refractivity contribution is 0.682. The van der Waals surface area contributed by atoms with Crippen LogP contribution in [0.2, 0.25) is 0 Å². The van der Waals surface area contributed by atoms with E-state index in [9.17, 15) is 4.79 Å². The second kappa shape index (κ2) is 9.09. The molecule has 0 saturated heterocycles. The van der Waals surface area contributed by atoms with Gasteiger partial charge < -0.3 is 10.6 Å². The monoisotopic (exact) mass is 411 g/mol. The van der Waals surface area contributed by atoms with Crippen molar-refractivity contribution in [3.05, 3.63) is 75.2 Å². The van der Waals surface area contributed by atoms with Crippen molar-refractivity contribution < 1.29 is 0 Å². The third-order valence-electron chi connectivity index (χ3n) is 4.90. The molecule has 152 valence electrons. The summed E-state index contributed by atoms with van der Waals surface area (Å²) in [5.74, 6) is 0.706. The third kappa shape index (κ3) is 4.95. The molecule has 0 saturated carbocycles. The number of nitrogens with zero attached hydrogens (tertiary/aromatic N) is 3. The van der Waals surface area contributed by atoms with Crippen molar-refractivity contribution in [3.8, 4) is 0 Å². The molecule has 0 radical (unpaired) electrons. The largest absolute Gasteiger partial charge is 0.354 e. The number of alkyl halides is 1. The minimum absolute atomic E-state index is 0.245. The van der Waals surface area contributed by atoms with Crippen molar-refractivity contribution in [3.63, 3.8) is 0 Å². The van der Waals surface area contributed by atoms with Gasteiger partial charge >= 0.3 is 5.69 Å². The van der Waals surface area contributed by atoms with Gasteiger partial charge in [-0.1, -0.05) is 36.4 Å². The summed E-state index contributed by atoms with van der Waals surface area (Å²) in [7, 11) is 0. The maximum absolute atomic E-state index is 12.5. The van der Waals surface area contributed by atoms with E-state index in [1.54, 1.807) is 0 Å². The predicted molar refractivity (Wildman–Crippen MR) is 119 cm³/mol. The smallest absolute Gasteiger partial charge is 0.353 e. The Labute approximate surface area is 176 Å². The second-order valence-corrected chi connectivity index (χ2v) is 7.56. The second-order valence-electron chi connectivity index (χ2n) is 7.03. The highest BCUT2D eigenvalue weighted by atomic mass is 35.5. The van der Waals surface area contributed by atoms with E-state index in [4.69, 9.17) is 11.6 Å². The Balaban J connectivity index is 1.85. The molecule has 0 fully saturated rings. The highest BCUT2D eigenvalue weighted by Gasteiger charge is 2.13. The molecule has 3 aromatic rings. The van der Waals surface area contributed by atoms with Crippen LogP contribution < -0.4 is 16.3 Å². The summed E-state index contributed by atoms with van der Waals surface area (Å²) < 4.78 is 1.49. The zero-order valence-corrected chi connectivity index (χ0v) is 17.9. The van der Waals surface area contributed by atoms with Crippen LogP contribution in [0.5, 0.6) is 0 Å². The van der Waals surface area contributed by atoms with E-state index < -0.39 is 0 Å². The standard InChI is InChI=1S/C22H26ClN5O/c1-5-28-21(24-13-18(23)17-9-7-6-8-10-17)26-20(27-22(28)29)25-19-12-15(3)14(2)11-16(19)4/h6-12,18H,5,13H2,1-4H3,(H2,24,25,26,27,29). The van der Waals surface area contributed by atoms with Gasteiger partial charge in [-0.25, -0.2) is 4.79 Å². The Morgan fingerprint density at radius 2 is 1.72 bits per heavy atom. The number of aromatic nitrogens is 3. The third-order valence-corrected chi connectivity index (χ3v) is 5.31. The molecular formula is C22H26ClN5O. The van der Waals surface area contributed by atoms with Gasteiger partial charge in [0.05, 0.1) is 5.38 Å². The number of halogens is 1. The lowest BCUT2D eigenvalue weighted by Crippen LogP contribution is -2.28. The molecule has 0 aliphatic carbocycles. The van der Waals surface area contributed by atoms with Crippen LogP contribution in [0.3, 0.4) is 0 Å². The quantitative estimate of drug-likeness (QED) is 0.550. The summed E-state index contributed by atoms with van der Waals surface area (Å²) in [5, 5.41) is 6.14. The molecule has 7 heteroatoms. The number of hydrogen-bond donors (Lipinski definition) is 2. The Kier molecular flexibility index (Phi) is 6.54. The highest BCUT2D eigenvalue weighted by Crippen LogP contribution is 2.23. The number of benzene rings is 2. The average molecular weight is 412 g/mol. The fraction of sp³-hybridized carbons (Fsp3) is 0.318. The summed E-state index contributed by atoms with van der Waals surface area (Å²) in [6.07, 6.45) is 0. The first kappa shape index (κ1) is 20.9. The molecule has 2 aromatic carbocycles. The fourth-order valence-corrected chi connectivity index (χ4v) is 3.30. The average Bonchev–Trinajstić information content (AvgIpc) is 2.70. The van der Waals surface area contributed by atoms with E-state index >= 15 is 0 Å². The molecule has 1 heterocycles. The van der Waals surface area contributed by atoms with Gasteiger partial charge in [0.15, 0.2) is 0 Å². The molecule has 0 amide bonds.